The van der Waals surface area contributed by atoms with Gasteiger partial charge < -0.3 is 15.2 Å². The maximum Gasteiger partial charge on any atom is 0.222 e. The smallest absolute Gasteiger partial charge is 0.222 e. The van der Waals surface area contributed by atoms with E-state index in [1.165, 1.54) is 0 Å². The van der Waals surface area contributed by atoms with E-state index in [-0.39, 0.29) is 18.1 Å². The molecule has 1 unspecified atom stereocenters. The number of hydrogen-bond acceptors (Lipinski definition) is 3. The van der Waals surface area contributed by atoms with Gasteiger partial charge in [0, 0.05) is 13.0 Å². The van der Waals surface area contributed by atoms with Gasteiger partial charge in [0.2, 0.25) is 5.91 Å². The van der Waals surface area contributed by atoms with Crippen LogP contribution in [-0.2, 0) is 9.53 Å². The number of aliphatic hydroxyl groups excluding tert-OH is 1. The molecule has 14 heavy (non-hydrogen) atoms. The van der Waals surface area contributed by atoms with Gasteiger partial charge in [-0.2, -0.15) is 0 Å². The molecule has 0 aliphatic carbocycles. The molecule has 0 aromatic heterocycles. The Hall–Kier alpha value is -0.610. The fourth-order valence-corrected chi connectivity index (χ4v) is 0.896. The molecule has 4 nitrogen and oxygen atoms in total. The van der Waals surface area contributed by atoms with E-state index >= 15 is 0 Å². The van der Waals surface area contributed by atoms with Crippen LogP contribution in [0.1, 0.15) is 33.6 Å². The molecule has 4 heteroatoms. The second-order valence-electron chi connectivity index (χ2n) is 3.66. The third-order valence-electron chi connectivity index (χ3n) is 1.66. The van der Waals surface area contributed by atoms with Gasteiger partial charge in [0.25, 0.3) is 0 Å². The number of carbonyl (C=O) groups is 1. The molecule has 0 bridgehead atoms. The molecular formula is C10H21NO3. The summed E-state index contributed by atoms with van der Waals surface area (Å²) < 4.78 is 5.23. The van der Waals surface area contributed by atoms with Gasteiger partial charge in [0.05, 0.1) is 18.8 Å². The topological polar surface area (TPSA) is 58.6 Å². The highest BCUT2D eigenvalue weighted by Crippen LogP contribution is 1.91. The van der Waals surface area contributed by atoms with E-state index in [0.29, 0.717) is 26.0 Å². The van der Waals surface area contributed by atoms with Crippen LogP contribution in [0.2, 0.25) is 0 Å². The van der Waals surface area contributed by atoms with Crippen LogP contribution in [0.5, 0.6) is 0 Å². The molecule has 0 spiro atoms. The van der Waals surface area contributed by atoms with Gasteiger partial charge in [-0.05, 0) is 27.2 Å². The highest BCUT2D eigenvalue weighted by Gasteiger charge is 2.02. The summed E-state index contributed by atoms with van der Waals surface area (Å²) in [6.45, 7) is 6.56. The minimum Gasteiger partial charge on any atom is -0.393 e. The summed E-state index contributed by atoms with van der Waals surface area (Å²) in [5.74, 6) is -0.0219. The molecule has 0 aliphatic rings. The maximum absolute atomic E-state index is 11.1. The molecule has 0 rings (SSSR count). The first-order valence-electron chi connectivity index (χ1n) is 5.08. The lowest BCUT2D eigenvalue weighted by Gasteiger charge is -2.08. The average molecular weight is 203 g/mol. The Kier molecular flexibility index (Phi) is 7.42. The Morgan fingerprint density at radius 1 is 1.43 bits per heavy atom. The number of rotatable bonds is 7. The van der Waals surface area contributed by atoms with E-state index in [4.69, 9.17) is 9.84 Å². The van der Waals surface area contributed by atoms with Gasteiger partial charge in [0.15, 0.2) is 0 Å². The number of hydrogen-bond donors (Lipinski definition) is 2. The molecule has 0 heterocycles. The van der Waals surface area contributed by atoms with Gasteiger partial charge in [-0.1, -0.05) is 0 Å². The van der Waals surface area contributed by atoms with Gasteiger partial charge in [0.1, 0.15) is 0 Å². The Morgan fingerprint density at radius 3 is 2.57 bits per heavy atom. The number of amides is 1. The predicted molar refractivity (Wildman–Crippen MR) is 55.0 cm³/mol. The minimum atomic E-state index is -0.359. The molecule has 84 valence electrons. The van der Waals surface area contributed by atoms with Crippen molar-refractivity contribution in [2.75, 3.05) is 13.2 Å². The zero-order valence-electron chi connectivity index (χ0n) is 9.25. The molecule has 1 amide bonds. The SMILES string of the molecule is CC(O)CCNC(=O)CCOC(C)C. The summed E-state index contributed by atoms with van der Waals surface area (Å²) in [5.41, 5.74) is 0. The van der Waals surface area contributed by atoms with Gasteiger partial charge in [-0.3, -0.25) is 4.79 Å². The average Bonchev–Trinajstić information content (AvgIpc) is 2.02. The van der Waals surface area contributed by atoms with Crippen LogP contribution < -0.4 is 5.32 Å². The van der Waals surface area contributed by atoms with Crippen LogP contribution in [0.15, 0.2) is 0 Å². The van der Waals surface area contributed by atoms with E-state index in [1.54, 1.807) is 6.92 Å². The fourth-order valence-electron chi connectivity index (χ4n) is 0.896. The highest BCUT2D eigenvalue weighted by molar-refractivity contribution is 5.75. The van der Waals surface area contributed by atoms with Crippen molar-refractivity contribution in [3.63, 3.8) is 0 Å². The van der Waals surface area contributed by atoms with Crippen molar-refractivity contribution in [2.45, 2.75) is 45.8 Å². The van der Waals surface area contributed by atoms with Gasteiger partial charge in [-0.25, -0.2) is 0 Å². The van der Waals surface area contributed by atoms with Crippen LogP contribution in [0.3, 0.4) is 0 Å². The van der Waals surface area contributed by atoms with Crippen LogP contribution in [0, 0.1) is 0 Å². The van der Waals surface area contributed by atoms with E-state index < -0.39 is 0 Å². The zero-order valence-corrected chi connectivity index (χ0v) is 9.25. The monoisotopic (exact) mass is 203 g/mol. The quantitative estimate of drug-likeness (QED) is 0.640. The van der Waals surface area contributed by atoms with Crippen molar-refractivity contribution >= 4 is 5.91 Å². The first-order valence-corrected chi connectivity index (χ1v) is 5.08. The van der Waals surface area contributed by atoms with E-state index in [2.05, 4.69) is 5.32 Å². The van der Waals surface area contributed by atoms with Gasteiger partial charge >= 0.3 is 0 Å². The van der Waals surface area contributed by atoms with E-state index in [0.717, 1.165) is 0 Å². The third kappa shape index (κ3) is 9.48. The molecule has 0 saturated carbocycles. The van der Waals surface area contributed by atoms with Crippen molar-refractivity contribution in [3.05, 3.63) is 0 Å². The van der Waals surface area contributed by atoms with Crippen molar-refractivity contribution < 1.29 is 14.6 Å². The largest absolute Gasteiger partial charge is 0.393 e. The molecule has 1 atom stereocenters. The summed E-state index contributed by atoms with van der Waals surface area (Å²) in [6, 6.07) is 0. The van der Waals surface area contributed by atoms with E-state index in [9.17, 15) is 4.79 Å². The van der Waals surface area contributed by atoms with Crippen molar-refractivity contribution in [1.82, 2.24) is 5.32 Å². The molecule has 0 saturated heterocycles. The molecule has 0 aliphatic heterocycles. The summed E-state index contributed by atoms with van der Waals surface area (Å²) in [5, 5.41) is 11.6. The maximum atomic E-state index is 11.1. The molecule has 0 radical (unpaired) electrons. The standard InChI is InChI=1S/C10H21NO3/c1-8(2)14-7-5-10(13)11-6-4-9(3)12/h8-9,12H,4-7H2,1-3H3,(H,11,13). The highest BCUT2D eigenvalue weighted by atomic mass is 16.5. The normalized spacial score (nSPS) is 12.9. The lowest BCUT2D eigenvalue weighted by Crippen LogP contribution is -2.27. The van der Waals surface area contributed by atoms with Crippen LogP contribution >= 0.6 is 0 Å². The summed E-state index contributed by atoms with van der Waals surface area (Å²) in [4.78, 5) is 11.1. The molecule has 0 aromatic carbocycles. The first kappa shape index (κ1) is 13.4. The summed E-state index contributed by atoms with van der Waals surface area (Å²) in [6.07, 6.45) is 0.789. The Balaban J connectivity index is 3.28. The van der Waals surface area contributed by atoms with Crippen LogP contribution in [0.25, 0.3) is 0 Å². The van der Waals surface area contributed by atoms with Crippen molar-refractivity contribution in [1.29, 1.82) is 0 Å². The number of ether oxygens (including phenoxy) is 1. The zero-order chi connectivity index (χ0) is 11.0. The summed E-state index contributed by atoms with van der Waals surface area (Å²) in [7, 11) is 0. The number of aliphatic hydroxyl groups is 1. The number of carbonyl (C=O) groups excluding carboxylic acids is 1. The fraction of sp³-hybridized carbons (Fsp3) is 0.900. The van der Waals surface area contributed by atoms with Gasteiger partial charge in [-0.15, -0.1) is 0 Å². The lowest BCUT2D eigenvalue weighted by molar-refractivity contribution is -0.122. The third-order valence-corrected chi connectivity index (χ3v) is 1.66. The Labute approximate surface area is 85.6 Å². The molecule has 0 aromatic rings. The second-order valence-corrected chi connectivity index (χ2v) is 3.66. The Bertz CT molecular complexity index is 141. The predicted octanol–water partition coefficient (Wildman–Crippen LogP) is 0.689. The number of nitrogens with one attached hydrogen (secondary N) is 1. The molecule has 0 fully saturated rings. The van der Waals surface area contributed by atoms with Crippen molar-refractivity contribution in [3.8, 4) is 0 Å². The van der Waals surface area contributed by atoms with Crippen LogP contribution in [0.4, 0.5) is 0 Å². The minimum absolute atomic E-state index is 0.0219. The lowest BCUT2D eigenvalue weighted by atomic mass is 10.3. The second kappa shape index (κ2) is 7.76. The van der Waals surface area contributed by atoms with Crippen LogP contribution in [-0.4, -0.2) is 36.4 Å². The Morgan fingerprint density at radius 2 is 2.07 bits per heavy atom. The summed E-state index contributed by atoms with van der Waals surface area (Å²) >= 11 is 0. The molecular weight excluding hydrogens is 182 g/mol. The van der Waals surface area contributed by atoms with E-state index in [1.807, 2.05) is 13.8 Å². The first-order chi connectivity index (χ1) is 6.52. The molecule has 2 N–H and O–H groups in total. The van der Waals surface area contributed by atoms with Crippen molar-refractivity contribution in [2.24, 2.45) is 0 Å².